The highest BCUT2D eigenvalue weighted by Gasteiger charge is 2.22. The van der Waals surface area contributed by atoms with Crippen molar-refractivity contribution in [2.24, 2.45) is 10.2 Å². The fraction of sp³-hybridized carbons (Fsp3) is 0.261. The lowest BCUT2D eigenvalue weighted by molar-refractivity contribution is -0.694. The molecule has 0 N–H and O–H groups in total. The van der Waals surface area contributed by atoms with E-state index in [1.54, 1.807) is 0 Å². The maximum Gasteiger partial charge on any atom is 0.244 e. The van der Waals surface area contributed by atoms with Crippen molar-refractivity contribution >= 4 is 50.3 Å². The van der Waals surface area contributed by atoms with Crippen molar-refractivity contribution in [2.75, 3.05) is 32.1 Å². The van der Waals surface area contributed by atoms with Gasteiger partial charge in [-0.25, -0.2) is 17.3 Å². The molecule has 0 spiro atoms. The zero-order valence-corrected chi connectivity index (χ0v) is 21.0. The Hall–Kier alpha value is -2.52. The summed E-state index contributed by atoms with van der Waals surface area (Å²) in [6, 6.07) is 16.5. The summed E-state index contributed by atoms with van der Waals surface area (Å²) in [5.41, 5.74) is 2.02. The Balaban J connectivity index is 1.72. The van der Waals surface area contributed by atoms with Gasteiger partial charge in [0.25, 0.3) is 0 Å². The molecular formula is C23H26Cl2N5O2S+. The van der Waals surface area contributed by atoms with E-state index in [0.717, 1.165) is 29.6 Å². The largest absolute Gasteiger partial charge is 0.365 e. The van der Waals surface area contributed by atoms with Crippen LogP contribution in [0.15, 0.2) is 82.1 Å². The van der Waals surface area contributed by atoms with E-state index in [1.165, 1.54) is 26.2 Å². The van der Waals surface area contributed by atoms with Gasteiger partial charge in [0.2, 0.25) is 10.0 Å². The standard InChI is InChI=1S/C23H26Cl2N5O2S/c1-4-30(15-14-29-12-6-5-7-13-29)19-10-8-18(9-11-19)26-27-22-16-21(25)23(17-20(22)24)33(31,32)28(2)3/h5-13,16-17H,4,14-15H2,1-3H3/q+1. The van der Waals surface area contributed by atoms with Crippen LogP contribution in [0, 0.1) is 0 Å². The van der Waals surface area contributed by atoms with Gasteiger partial charge in [-0.05, 0) is 43.3 Å². The van der Waals surface area contributed by atoms with Crippen LogP contribution < -0.4 is 9.47 Å². The number of azo groups is 1. The van der Waals surface area contributed by atoms with Crippen molar-refractivity contribution in [1.29, 1.82) is 0 Å². The molecule has 7 nitrogen and oxygen atoms in total. The van der Waals surface area contributed by atoms with Crippen molar-refractivity contribution in [3.63, 3.8) is 0 Å². The molecule has 33 heavy (non-hydrogen) atoms. The Morgan fingerprint density at radius 3 is 2.21 bits per heavy atom. The summed E-state index contributed by atoms with van der Waals surface area (Å²) in [6.45, 7) is 4.76. The molecule has 0 radical (unpaired) electrons. The Morgan fingerprint density at radius 2 is 1.61 bits per heavy atom. The second-order valence-electron chi connectivity index (χ2n) is 7.43. The number of hydrogen-bond acceptors (Lipinski definition) is 5. The lowest BCUT2D eigenvalue weighted by Gasteiger charge is -2.21. The number of anilines is 1. The van der Waals surface area contributed by atoms with Crippen molar-refractivity contribution in [2.45, 2.75) is 18.4 Å². The van der Waals surface area contributed by atoms with Gasteiger partial charge < -0.3 is 4.90 Å². The van der Waals surface area contributed by atoms with E-state index in [2.05, 4.69) is 39.0 Å². The molecule has 2 aromatic carbocycles. The molecule has 0 fully saturated rings. The van der Waals surface area contributed by atoms with Crippen molar-refractivity contribution in [3.05, 3.63) is 77.0 Å². The molecule has 0 amide bonds. The first-order valence-corrected chi connectivity index (χ1v) is 12.5. The van der Waals surface area contributed by atoms with E-state index in [9.17, 15) is 8.42 Å². The van der Waals surface area contributed by atoms with Crippen LogP contribution in [0.1, 0.15) is 6.92 Å². The molecule has 0 saturated heterocycles. The molecule has 0 atom stereocenters. The summed E-state index contributed by atoms with van der Waals surface area (Å²) in [5.74, 6) is 0. The summed E-state index contributed by atoms with van der Waals surface area (Å²) in [6.07, 6.45) is 4.11. The average molecular weight is 507 g/mol. The smallest absolute Gasteiger partial charge is 0.244 e. The first-order valence-electron chi connectivity index (χ1n) is 10.3. The van der Waals surface area contributed by atoms with Gasteiger partial charge in [-0.15, -0.1) is 5.11 Å². The van der Waals surface area contributed by atoms with Crippen LogP contribution in [-0.2, 0) is 16.6 Å². The predicted molar refractivity (Wildman–Crippen MR) is 132 cm³/mol. The number of hydrogen-bond donors (Lipinski definition) is 0. The molecular weight excluding hydrogens is 481 g/mol. The van der Waals surface area contributed by atoms with Crippen LogP contribution in [-0.4, -0.2) is 39.9 Å². The number of nitrogens with zero attached hydrogens (tertiary/aromatic N) is 5. The first kappa shape index (κ1) is 25.1. The van der Waals surface area contributed by atoms with Crippen LogP contribution in [0.5, 0.6) is 0 Å². The normalized spacial score (nSPS) is 11.9. The number of benzene rings is 2. The third-order valence-corrected chi connectivity index (χ3v) is 7.62. The molecule has 0 aliphatic rings. The van der Waals surface area contributed by atoms with Crippen molar-refractivity contribution in [1.82, 2.24) is 4.31 Å². The molecule has 3 aromatic rings. The van der Waals surface area contributed by atoms with Gasteiger partial charge >= 0.3 is 0 Å². The maximum atomic E-state index is 12.4. The minimum absolute atomic E-state index is 0.0345. The fourth-order valence-corrected chi connectivity index (χ4v) is 4.80. The zero-order chi connectivity index (χ0) is 24.0. The Morgan fingerprint density at radius 1 is 0.939 bits per heavy atom. The topological polar surface area (TPSA) is 69.2 Å². The predicted octanol–water partition coefficient (Wildman–Crippen LogP) is 5.47. The zero-order valence-electron chi connectivity index (χ0n) is 18.7. The third-order valence-electron chi connectivity index (χ3n) is 5.04. The average Bonchev–Trinajstić information content (AvgIpc) is 2.81. The van der Waals surface area contributed by atoms with Gasteiger partial charge in [-0.3, -0.25) is 0 Å². The van der Waals surface area contributed by atoms with Crippen LogP contribution in [0.3, 0.4) is 0 Å². The van der Waals surface area contributed by atoms with E-state index in [1.807, 2.05) is 42.5 Å². The van der Waals surface area contributed by atoms with Gasteiger partial charge in [0, 0.05) is 38.5 Å². The molecule has 0 aliphatic heterocycles. The SMILES string of the molecule is CCN(CC[n+]1ccccc1)c1ccc(N=Nc2cc(Cl)c(S(=O)(=O)N(C)C)cc2Cl)cc1. The van der Waals surface area contributed by atoms with Crippen LogP contribution in [0.2, 0.25) is 10.0 Å². The van der Waals surface area contributed by atoms with E-state index < -0.39 is 10.0 Å². The number of sulfonamides is 1. The number of halogens is 2. The van der Waals surface area contributed by atoms with E-state index in [4.69, 9.17) is 23.2 Å². The Bertz CT molecular complexity index is 1220. The molecule has 0 aliphatic carbocycles. The number of pyridine rings is 1. The van der Waals surface area contributed by atoms with Crippen molar-refractivity contribution in [3.8, 4) is 0 Å². The molecule has 0 unspecified atom stereocenters. The molecule has 3 rings (SSSR count). The Kier molecular flexibility index (Phi) is 8.42. The second-order valence-corrected chi connectivity index (χ2v) is 10.4. The molecule has 0 bridgehead atoms. The molecule has 1 heterocycles. The lowest BCUT2D eigenvalue weighted by Crippen LogP contribution is -2.40. The van der Waals surface area contributed by atoms with E-state index >= 15 is 0 Å². The molecule has 1 aromatic heterocycles. The van der Waals surface area contributed by atoms with Crippen molar-refractivity contribution < 1.29 is 13.0 Å². The van der Waals surface area contributed by atoms with Gasteiger partial charge in [-0.1, -0.05) is 29.3 Å². The number of aromatic nitrogens is 1. The number of likely N-dealkylation sites (N-methyl/N-ethyl adjacent to an activating group) is 1. The van der Waals surface area contributed by atoms with Gasteiger partial charge in [0.05, 0.1) is 22.3 Å². The molecule has 10 heteroatoms. The monoisotopic (exact) mass is 506 g/mol. The van der Waals surface area contributed by atoms with Gasteiger partial charge in [0.1, 0.15) is 10.6 Å². The quantitative estimate of drug-likeness (QED) is 0.285. The molecule has 174 valence electrons. The summed E-state index contributed by atoms with van der Waals surface area (Å²) in [7, 11) is -0.858. The summed E-state index contributed by atoms with van der Waals surface area (Å²) < 4.78 is 27.9. The first-order chi connectivity index (χ1) is 15.7. The summed E-state index contributed by atoms with van der Waals surface area (Å²) in [5, 5.41) is 8.57. The fourth-order valence-electron chi connectivity index (χ4n) is 3.12. The maximum absolute atomic E-state index is 12.4. The van der Waals surface area contributed by atoms with Crippen LogP contribution in [0.25, 0.3) is 0 Å². The van der Waals surface area contributed by atoms with Gasteiger partial charge in [-0.2, -0.15) is 5.11 Å². The highest BCUT2D eigenvalue weighted by atomic mass is 35.5. The second kappa shape index (κ2) is 11.1. The Labute approximate surface area is 204 Å². The van der Waals surface area contributed by atoms with E-state index in [0.29, 0.717) is 11.4 Å². The van der Waals surface area contributed by atoms with Crippen LogP contribution >= 0.6 is 23.2 Å². The van der Waals surface area contributed by atoms with Gasteiger partial charge in [0.15, 0.2) is 18.9 Å². The minimum Gasteiger partial charge on any atom is -0.365 e. The minimum atomic E-state index is -3.71. The van der Waals surface area contributed by atoms with E-state index in [-0.39, 0.29) is 14.9 Å². The lowest BCUT2D eigenvalue weighted by atomic mass is 10.2. The summed E-state index contributed by atoms with van der Waals surface area (Å²) >= 11 is 12.4. The number of rotatable bonds is 9. The highest BCUT2D eigenvalue weighted by molar-refractivity contribution is 7.89. The highest BCUT2D eigenvalue weighted by Crippen LogP contribution is 2.35. The third kappa shape index (κ3) is 6.29. The summed E-state index contributed by atoms with van der Waals surface area (Å²) in [4.78, 5) is 2.21. The molecule has 0 saturated carbocycles. The van der Waals surface area contributed by atoms with Crippen LogP contribution in [0.4, 0.5) is 17.1 Å².